The highest BCUT2D eigenvalue weighted by molar-refractivity contribution is 5.77. The standard InChI is InChI=1S/C13H11NO2/c15-13-8-4-5-11(9-13)10-14(16)12-6-2-1-3-7-12/h1-10,15H/b14-10+. The van der Waals surface area contributed by atoms with Crippen LogP contribution in [0.15, 0.2) is 54.6 Å². The molecule has 80 valence electrons. The zero-order valence-corrected chi connectivity index (χ0v) is 8.58. The Bertz CT molecular complexity index is 506. The smallest absolute Gasteiger partial charge is 0.216 e. The Morgan fingerprint density at radius 3 is 2.44 bits per heavy atom. The van der Waals surface area contributed by atoms with Crippen molar-refractivity contribution in [2.75, 3.05) is 0 Å². The van der Waals surface area contributed by atoms with Crippen LogP contribution in [-0.2, 0) is 0 Å². The number of rotatable bonds is 2. The van der Waals surface area contributed by atoms with E-state index in [1.54, 1.807) is 42.5 Å². The van der Waals surface area contributed by atoms with Gasteiger partial charge in [-0.05, 0) is 18.2 Å². The lowest BCUT2D eigenvalue weighted by Gasteiger charge is -2.02. The zero-order valence-electron chi connectivity index (χ0n) is 8.58. The van der Waals surface area contributed by atoms with Gasteiger partial charge in [0.25, 0.3) is 0 Å². The number of nitrogens with zero attached hydrogens (tertiary/aromatic N) is 1. The number of hydrogen-bond donors (Lipinski definition) is 1. The fraction of sp³-hybridized carbons (Fsp3) is 0. The highest BCUT2D eigenvalue weighted by Gasteiger charge is 2.00. The second-order valence-electron chi connectivity index (χ2n) is 3.39. The molecule has 0 saturated heterocycles. The summed E-state index contributed by atoms with van der Waals surface area (Å²) in [6, 6.07) is 15.5. The van der Waals surface area contributed by atoms with E-state index in [4.69, 9.17) is 0 Å². The summed E-state index contributed by atoms with van der Waals surface area (Å²) < 4.78 is 0.773. The van der Waals surface area contributed by atoms with Gasteiger partial charge in [0.15, 0.2) is 6.21 Å². The molecule has 2 aromatic carbocycles. The summed E-state index contributed by atoms with van der Waals surface area (Å²) >= 11 is 0. The lowest BCUT2D eigenvalue weighted by molar-refractivity contribution is -0.354. The second-order valence-corrected chi connectivity index (χ2v) is 3.39. The molecule has 16 heavy (non-hydrogen) atoms. The number of phenolic OH excluding ortho intramolecular Hbond substituents is 1. The monoisotopic (exact) mass is 213 g/mol. The fourth-order valence-electron chi connectivity index (χ4n) is 1.39. The minimum absolute atomic E-state index is 0.148. The van der Waals surface area contributed by atoms with Crippen molar-refractivity contribution in [3.05, 3.63) is 65.4 Å². The van der Waals surface area contributed by atoms with Gasteiger partial charge in [-0.3, -0.25) is 0 Å². The lowest BCUT2D eigenvalue weighted by Crippen LogP contribution is -1.98. The van der Waals surface area contributed by atoms with E-state index < -0.39 is 0 Å². The van der Waals surface area contributed by atoms with Gasteiger partial charge in [0.2, 0.25) is 5.69 Å². The fourth-order valence-corrected chi connectivity index (χ4v) is 1.39. The Morgan fingerprint density at radius 2 is 1.75 bits per heavy atom. The minimum Gasteiger partial charge on any atom is -0.618 e. The maximum Gasteiger partial charge on any atom is 0.216 e. The Balaban J connectivity index is 2.32. The average Bonchev–Trinajstić information content (AvgIpc) is 2.30. The summed E-state index contributed by atoms with van der Waals surface area (Å²) in [6.45, 7) is 0. The summed E-state index contributed by atoms with van der Waals surface area (Å²) in [5.41, 5.74) is 1.23. The molecule has 0 heterocycles. The quantitative estimate of drug-likeness (QED) is 0.361. The number of benzene rings is 2. The summed E-state index contributed by atoms with van der Waals surface area (Å²) in [4.78, 5) is 0. The Hall–Kier alpha value is -2.29. The van der Waals surface area contributed by atoms with Gasteiger partial charge in [-0.2, -0.15) is 4.74 Å². The van der Waals surface area contributed by atoms with Crippen molar-refractivity contribution in [1.82, 2.24) is 0 Å². The lowest BCUT2D eigenvalue weighted by atomic mass is 10.2. The average molecular weight is 213 g/mol. The predicted octanol–water partition coefficient (Wildman–Crippen LogP) is 2.65. The molecular formula is C13H11NO2. The highest BCUT2D eigenvalue weighted by Crippen LogP contribution is 2.12. The van der Waals surface area contributed by atoms with Crippen molar-refractivity contribution in [2.45, 2.75) is 0 Å². The molecular weight excluding hydrogens is 202 g/mol. The molecule has 0 aliphatic rings. The third kappa shape index (κ3) is 2.39. The molecule has 0 bridgehead atoms. The molecule has 1 N–H and O–H groups in total. The van der Waals surface area contributed by atoms with Crippen molar-refractivity contribution in [3.8, 4) is 5.75 Å². The van der Waals surface area contributed by atoms with E-state index in [1.807, 2.05) is 6.07 Å². The Kier molecular flexibility index (Phi) is 2.87. The van der Waals surface area contributed by atoms with Gasteiger partial charge in [0, 0.05) is 17.7 Å². The van der Waals surface area contributed by atoms with Crippen LogP contribution in [0, 0.1) is 5.21 Å². The molecule has 0 fully saturated rings. The molecule has 0 atom stereocenters. The van der Waals surface area contributed by atoms with Crippen LogP contribution < -0.4 is 0 Å². The second kappa shape index (κ2) is 4.49. The maximum atomic E-state index is 11.7. The topological polar surface area (TPSA) is 46.3 Å². The molecule has 0 amide bonds. The van der Waals surface area contributed by atoms with Crippen LogP contribution in [0.25, 0.3) is 0 Å². The molecule has 0 spiro atoms. The van der Waals surface area contributed by atoms with Crippen LogP contribution in [0.1, 0.15) is 5.56 Å². The molecule has 2 aromatic rings. The Morgan fingerprint density at radius 1 is 1.00 bits per heavy atom. The Labute approximate surface area is 93.5 Å². The van der Waals surface area contributed by atoms with Gasteiger partial charge in [-0.25, -0.2) is 0 Å². The molecule has 3 heteroatoms. The summed E-state index contributed by atoms with van der Waals surface area (Å²) in [6.07, 6.45) is 1.43. The van der Waals surface area contributed by atoms with Crippen molar-refractivity contribution in [3.63, 3.8) is 0 Å². The van der Waals surface area contributed by atoms with E-state index in [0.29, 0.717) is 11.3 Å². The first-order valence-electron chi connectivity index (χ1n) is 4.91. The van der Waals surface area contributed by atoms with E-state index in [9.17, 15) is 10.3 Å². The van der Waals surface area contributed by atoms with Gasteiger partial charge >= 0.3 is 0 Å². The summed E-state index contributed by atoms with van der Waals surface area (Å²) in [7, 11) is 0. The summed E-state index contributed by atoms with van der Waals surface area (Å²) in [5, 5.41) is 21.0. The first-order valence-corrected chi connectivity index (χ1v) is 4.91. The van der Waals surface area contributed by atoms with Crippen molar-refractivity contribution in [1.29, 1.82) is 0 Å². The molecule has 0 radical (unpaired) electrons. The first-order chi connectivity index (χ1) is 7.75. The minimum atomic E-state index is 0.148. The van der Waals surface area contributed by atoms with Crippen LogP contribution in [0.4, 0.5) is 5.69 Å². The van der Waals surface area contributed by atoms with Crippen molar-refractivity contribution in [2.24, 2.45) is 0 Å². The normalized spacial score (nSPS) is 11.4. The SMILES string of the molecule is [O-]/[N+](=C/c1cccc(O)c1)c1ccccc1. The molecule has 0 unspecified atom stereocenters. The molecule has 3 nitrogen and oxygen atoms in total. The molecule has 0 aliphatic heterocycles. The maximum absolute atomic E-state index is 11.7. The van der Waals surface area contributed by atoms with Gasteiger partial charge in [0.1, 0.15) is 5.75 Å². The molecule has 0 aromatic heterocycles. The largest absolute Gasteiger partial charge is 0.618 e. The van der Waals surface area contributed by atoms with E-state index in [2.05, 4.69) is 0 Å². The zero-order chi connectivity index (χ0) is 11.4. The van der Waals surface area contributed by atoms with Crippen LogP contribution in [-0.4, -0.2) is 16.1 Å². The number of para-hydroxylation sites is 1. The highest BCUT2D eigenvalue weighted by atomic mass is 16.5. The molecule has 0 aliphatic carbocycles. The van der Waals surface area contributed by atoms with Gasteiger partial charge in [-0.1, -0.05) is 24.3 Å². The summed E-state index contributed by atoms with van der Waals surface area (Å²) in [5.74, 6) is 0.148. The molecule has 2 rings (SSSR count). The third-order valence-corrected chi connectivity index (χ3v) is 2.15. The van der Waals surface area contributed by atoms with E-state index in [0.717, 1.165) is 4.74 Å². The predicted molar refractivity (Wildman–Crippen MR) is 63.0 cm³/mol. The number of hydrogen-bond acceptors (Lipinski definition) is 2. The van der Waals surface area contributed by atoms with Crippen LogP contribution >= 0.6 is 0 Å². The van der Waals surface area contributed by atoms with Crippen LogP contribution in [0.5, 0.6) is 5.75 Å². The third-order valence-electron chi connectivity index (χ3n) is 2.15. The number of aromatic hydroxyl groups is 1. The number of phenols is 1. The van der Waals surface area contributed by atoms with Gasteiger partial charge in [-0.15, -0.1) is 0 Å². The molecule has 0 saturated carbocycles. The van der Waals surface area contributed by atoms with Gasteiger partial charge in [0.05, 0.1) is 0 Å². The van der Waals surface area contributed by atoms with Crippen molar-refractivity contribution < 1.29 is 9.85 Å². The van der Waals surface area contributed by atoms with Crippen molar-refractivity contribution >= 4 is 11.9 Å². The van der Waals surface area contributed by atoms with E-state index in [-0.39, 0.29) is 5.75 Å². The van der Waals surface area contributed by atoms with E-state index >= 15 is 0 Å². The van der Waals surface area contributed by atoms with E-state index in [1.165, 1.54) is 12.3 Å². The van der Waals surface area contributed by atoms with Crippen LogP contribution in [0.3, 0.4) is 0 Å². The van der Waals surface area contributed by atoms with Gasteiger partial charge < -0.3 is 10.3 Å². The first kappa shape index (κ1) is 10.2. The van der Waals surface area contributed by atoms with Crippen LogP contribution in [0.2, 0.25) is 0 Å².